The first-order valence-corrected chi connectivity index (χ1v) is 6.32. The van der Waals surface area contributed by atoms with Gasteiger partial charge in [0, 0.05) is 26.2 Å². The molecule has 0 aliphatic heterocycles. The van der Waals surface area contributed by atoms with E-state index >= 15 is 0 Å². The van der Waals surface area contributed by atoms with Gasteiger partial charge in [-0.25, -0.2) is 4.57 Å². The zero-order valence-electron chi connectivity index (χ0n) is 11.7. The normalized spacial score (nSPS) is 12.3. The molecule has 2 aromatic heterocycles. The molecule has 1 unspecified atom stereocenters. The van der Waals surface area contributed by atoms with Gasteiger partial charge in [-0.1, -0.05) is 0 Å². The molecule has 6 nitrogen and oxygen atoms in total. The van der Waals surface area contributed by atoms with Crippen LogP contribution in [0.3, 0.4) is 0 Å². The average Bonchev–Trinajstić information content (AvgIpc) is 2.62. The zero-order chi connectivity index (χ0) is 14.9. The first kappa shape index (κ1) is 14.0. The van der Waals surface area contributed by atoms with Crippen molar-refractivity contribution in [2.45, 2.75) is 26.2 Å². The Kier molecular flexibility index (Phi) is 3.74. The monoisotopic (exact) mass is 276 g/mol. The minimum Gasteiger partial charge on any atom is -0.481 e. The number of nitrogens with zero attached hydrogens (tertiary/aromatic N) is 3. The summed E-state index contributed by atoms with van der Waals surface area (Å²) < 4.78 is 2.90. The standard InChI is InChI=1S/C14H17N3O3/c1-9-10(2)17(20)14(16(9)3)12(8-13(18)19)11-4-6-15-7-5-11/h4-7,12H,8H2,1-3H3,(H-,18,19,20)/p+1. The topological polar surface area (TPSA) is 79.2 Å². The van der Waals surface area contributed by atoms with E-state index in [9.17, 15) is 10.0 Å². The van der Waals surface area contributed by atoms with Gasteiger partial charge in [0.05, 0.1) is 19.4 Å². The number of aliphatic carboxylic acids is 1. The van der Waals surface area contributed by atoms with E-state index in [4.69, 9.17) is 5.11 Å². The zero-order valence-corrected chi connectivity index (χ0v) is 11.7. The Morgan fingerprint density at radius 1 is 1.40 bits per heavy atom. The number of carboxylic acid groups (broad SMARTS) is 1. The van der Waals surface area contributed by atoms with Crippen LogP contribution in [0.5, 0.6) is 0 Å². The predicted molar refractivity (Wildman–Crippen MR) is 70.6 cm³/mol. The predicted octanol–water partition coefficient (Wildman–Crippen LogP) is 1.17. The lowest BCUT2D eigenvalue weighted by atomic mass is 9.95. The van der Waals surface area contributed by atoms with Crippen molar-refractivity contribution in [1.29, 1.82) is 0 Å². The fraction of sp³-hybridized carbons (Fsp3) is 0.357. The molecule has 0 aliphatic rings. The summed E-state index contributed by atoms with van der Waals surface area (Å²) in [6.07, 6.45) is 3.14. The molecule has 106 valence electrons. The summed E-state index contributed by atoms with van der Waals surface area (Å²) in [6, 6.07) is 3.54. The number of hydrogen-bond donors (Lipinski definition) is 2. The fourth-order valence-corrected chi connectivity index (χ4v) is 2.39. The Labute approximate surface area is 116 Å². The summed E-state index contributed by atoms with van der Waals surface area (Å²) in [5, 5.41) is 19.4. The van der Waals surface area contributed by atoms with Crippen LogP contribution in [-0.2, 0) is 11.8 Å². The van der Waals surface area contributed by atoms with E-state index in [2.05, 4.69) is 4.98 Å². The minimum atomic E-state index is -0.914. The quantitative estimate of drug-likeness (QED) is 0.649. The van der Waals surface area contributed by atoms with Gasteiger partial charge in [0.2, 0.25) is 0 Å². The molecule has 0 spiro atoms. The number of carbonyl (C=O) groups is 1. The lowest BCUT2D eigenvalue weighted by Gasteiger charge is -2.11. The second-order valence-electron chi connectivity index (χ2n) is 4.83. The molecule has 2 rings (SSSR count). The van der Waals surface area contributed by atoms with Crippen LogP contribution in [0.15, 0.2) is 24.5 Å². The molecule has 0 fully saturated rings. The summed E-state index contributed by atoms with van der Waals surface area (Å²) in [5.41, 5.74) is 2.41. The van der Waals surface area contributed by atoms with Gasteiger partial charge in [-0.05, 0) is 22.4 Å². The van der Waals surface area contributed by atoms with Crippen molar-refractivity contribution in [1.82, 2.24) is 9.71 Å². The Balaban J connectivity index is 2.59. The van der Waals surface area contributed by atoms with E-state index in [1.54, 1.807) is 31.5 Å². The molecule has 0 aliphatic carbocycles. The Morgan fingerprint density at radius 3 is 2.45 bits per heavy atom. The van der Waals surface area contributed by atoms with Crippen molar-refractivity contribution in [2.75, 3.05) is 0 Å². The lowest BCUT2D eigenvalue weighted by Crippen LogP contribution is -2.37. The number of rotatable bonds is 4. The van der Waals surface area contributed by atoms with Crippen LogP contribution in [0, 0.1) is 13.8 Å². The molecule has 0 saturated carbocycles. The second kappa shape index (κ2) is 5.32. The molecule has 1 atom stereocenters. The number of imidazole rings is 1. The largest absolute Gasteiger partial charge is 0.481 e. The summed E-state index contributed by atoms with van der Waals surface area (Å²) in [7, 11) is 1.82. The third kappa shape index (κ3) is 2.36. The van der Waals surface area contributed by atoms with E-state index in [0.717, 1.165) is 16.0 Å². The maximum absolute atomic E-state index is 11.2. The van der Waals surface area contributed by atoms with Crippen molar-refractivity contribution in [3.63, 3.8) is 0 Å². The van der Waals surface area contributed by atoms with Gasteiger partial charge < -0.3 is 10.3 Å². The molecular weight excluding hydrogens is 258 g/mol. The Morgan fingerprint density at radius 2 is 2.00 bits per heavy atom. The molecule has 0 amide bonds. The number of hydrogen-bond acceptors (Lipinski definition) is 3. The van der Waals surface area contributed by atoms with Crippen molar-refractivity contribution < 1.29 is 19.7 Å². The first-order valence-electron chi connectivity index (χ1n) is 6.32. The number of carboxylic acids is 1. The Bertz CT molecular complexity index is 609. The molecule has 2 N–H and O–H groups in total. The van der Waals surface area contributed by atoms with Crippen molar-refractivity contribution in [3.8, 4) is 0 Å². The minimum absolute atomic E-state index is 0.0959. The SMILES string of the molecule is Cc1c(C)[n+](C)c(C(CC(=O)O)c2ccncc2)n1O. The molecule has 2 aromatic rings. The third-order valence-corrected chi connectivity index (χ3v) is 3.70. The van der Waals surface area contributed by atoms with E-state index in [1.807, 2.05) is 18.5 Å². The Hall–Kier alpha value is -2.37. The van der Waals surface area contributed by atoms with Gasteiger partial charge in [-0.3, -0.25) is 9.78 Å². The highest BCUT2D eigenvalue weighted by Crippen LogP contribution is 2.26. The van der Waals surface area contributed by atoms with Gasteiger partial charge in [0.1, 0.15) is 5.69 Å². The van der Waals surface area contributed by atoms with Crippen LogP contribution in [0.25, 0.3) is 0 Å². The van der Waals surface area contributed by atoms with Crippen LogP contribution in [0.4, 0.5) is 0 Å². The summed E-state index contributed by atoms with van der Waals surface area (Å²) in [4.78, 5) is 15.1. The summed E-state index contributed by atoms with van der Waals surface area (Å²) >= 11 is 0. The molecule has 2 heterocycles. The van der Waals surface area contributed by atoms with Crippen molar-refractivity contribution in [3.05, 3.63) is 47.3 Å². The highest BCUT2D eigenvalue weighted by atomic mass is 16.5. The maximum Gasteiger partial charge on any atom is 0.304 e. The van der Waals surface area contributed by atoms with Crippen LogP contribution in [0.2, 0.25) is 0 Å². The molecule has 6 heteroatoms. The number of aromatic nitrogens is 3. The molecule has 0 aromatic carbocycles. The fourth-order valence-electron chi connectivity index (χ4n) is 2.39. The van der Waals surface area contributed by atoms with Gasteiger partial charge in [-0.15, -0.1) is 0 Å². The van der Waals surface area contributed by atoms with Crippen molar-refractivity contribution >= 4 is 5.97 Å². The van der Waals surface area contributed by atoms with Gasteiger partial charge in [-0.2, -0.15) is 0 Å². The second-order valence-corrected chi connectivity index (χ2v) is 4.83. The first-order chi connectivity index (χ1) is 9.43. The lowest BCUT2D eigenvalue weighted by molar-refractivity contribution is -0.686. The summed E-state index contributed by atoms with van der Waals surface area (Å²) in [5.74, 6) is -0.796. The molecule has 0 bridgehead atoms. The van der Waals surface area contributed by atoms with E-state index in [-0.39, 0.29) is 6.42 Å². The smallest absolute Gasteiger partial charge is 0.304 e. The summed E-state index contributed by atoms with van der Waals surface area (Å²) in [6.45, 7) is 3.68. The third-order valence-electron chi connectivity index (χ3n) is 3.70. The van der Waals surface area contributed by atoms with E-state index in [1.165, 1.54) is 0 Å². The molecular formula is C14H18N3O3+. The molecule has 0 saturated heterocycles. The highest BCUT2D eigenvalue weighted by Gasteiger charge is 2.33. The average molecular weight is 276 g/mol. The van der Waals surface area contributed by atoms with Gasteiger partial charge in [0.15, 0.2) is 5.69 Å². The van der Waals surface area contributed by atoms with E-state index < -0.39 is 11.9 Å². The molecule has 20 heavy (non-hydrogen) atoms. The van der Waals surface area contributed by atoms with Crippen LogP contribution in [-0.4, -0.2) is 26.0 Å². The van der Waals surface area contributed by atoms with Crippen LogP contribution < -0.4 is 4.57 Å². The van der Waals surface area contributed by atoms with Crippen molar-refractivity contribution in [2.24, 2.45) is 7.05 Å². The highest BCUT2D eigenvalue weighted by molar-refractivity contribution is 5.68. The van der Waals surface area contributed by atoms with Gasteiger partial charge in [0.25, 0.3) is 0 Å². The van der Waals surface area contributed by atoms with Crippen LogP contribution in [0.1, 0.15) is 35.1 Å². The van der Waals surface area contributed by atoms with Crippen LogP contribution >= 0.6 is 0 Å². The maximum atomic E-state index is 11.2. The van der Waals surface area contributed by atoms with Gasteiger partial charge >= 0.3 is 11.8 Å². The number of pyridine rings is 1. The molecule has 0 radical (unpaired) electrons. The van der Waals surface area contributed by atoms with E-state index in [0.29, 0.717) is 11.5 Å².